The van der Waals surface area contributed by atoms with Crippen molar-refractivity contribution in [2.75, 3.05) is 0 Å². The molecule has 0 bridgehead atoms. The van der Waals surface area contributed by atoms with Crippen LogP contribution in [-0.2, 0) is 11.3 Å². The first kappa shape index (κ1) is 12.6. The van der Waals surface area contributed by atoms with Gasteiger partial charge in [0.1, 0.15) is 5.76 Å². The molecule has 3 aromatic heterocycles. The van der Waals surface area contributed by atoms with E-state index in [1.54, 1.807) is 24.9 Å². The van der Waals surface area contributed by atoms with Crippen molar-refractivity contribution < 1.29 is 14.3 Å². The first-order valence-corrected chi connectivity index (χ1v) is 5.46. The van der Waals surface area contributed by atoms with Crippen LogP contribution in [0.15, 0.2) is 47.6 Å². The second-order valence-electron chi connectivity index (χ2n) is 3.50. The molecule has 3 aromatic rings. The predicted octanol–water partition coefficient (Wildman–Crippen LogP) is 1.62. The maximum absolute atomic E-state index is 8.36. The van der Waals surface area contributed by atoms with Gasteiger partial charge in [0.15, 0.2) is 11.6 Å². The molecule has 0 aliphatic rings. The van der Waals surface area contributed by atoms with Crippen molar-refractivity contribution in [2.45, 2.75) is 6.54 Å². The molecule has 0 aromatic carbocycles. The van der Waals surface area contributed by atoms with Gasteiger partial charge >= 0.3 is 0 Å². The molecule has 0 radical (unpaired) electrons. The van der Waals surface area contributed by atoms with Crippen LogP contribution in [0.5, 0.6) is 0 Å². The van der Waals surface area contributed by atoms with Gasteiger partial charge in [-0.2, -0.15) is 0 Å². The number of imidazole rings is 2. The van der Waals surface area contributed by atoms with E-state index in [2.05, 4.69) is 15.0 Å². The number of hydrogen-bond acceptors (Lipinski definition) is 4. The highest BCUT2D eigenvalue weighted by atomic mass is 16.3. The van der Waals surface area contributed by atoms with Gasteiger partial charge in [-0.05, 0) is 12.1 Å². The van der Waals surface area contributed by atoms with Crippen LogP contribution in [0.25, 0.3) is 11.6 Å². The molecule has 98 valence electrons. The normalized spacial score (nSPS) is 9.68. The summed E-state index contributed by atoms with van der Waals surface area (Å²) in [6.45, 7) is 0.406. The van der Waals surface area contributed by atoms with E-state index in [0.29, 0.717) is 6.54 Å². The minimum atomic E-state index is -0.250. The predicted molar refractivity (Wildman–Crippen MR) is 66.3 cm³/mol. The van der Waals surface area contributed by atoms with Crippen LogP contribution in [0.3, 0.4) is 0 Å². The molecule has 0 aliphatic heterocycles. The van der Waals surface area contributed by atoms with E-state index >= 15 is 0 Å². The number of rotatable bonds is 3. The summed E-state index contributed by atoms with van der Waals surface area (Å²) in [5.74, 6) is 2.46. The molecule has 0 unspecified atom stereocenters. The number of carbonyl (C=O) groups is 1. The first-order valence-electron chi connectivity index (χ1n) is 5.46. The van der Waals surface area contributed by atoms with Crippen LogP contribution in [0.1, 0.15) is 5.76 Å². The largest absolute Gasteiger partial charge is 0.483 e. The second kappa shape index (κ2) is 6.20. The molecule has 0 atom stereocenters. The Kier molecular flexibility index (Phi) is 4.12. The fourth-order valence-corrected chi connectivity index (χ4v) is 1.61. The first-order chi connectivity index (χ1) is 9.35. The lowest BCUT2D eigenvalue weighted by molar-refractivity contribution is -0.122. The number of nitrogens with one attached hydrogen (secondary N) is 1. The van der Waals surface area contributed by atoms with Crippen LogP contribution < -0.4 is 0 Å². The van der Waals surface area contributed by atoms with E-state index in [9.17, 15) is 0 Å². The fraction of sp³-hybridized carbons (Fsp3) is 0.0833. The average molecular weight is 260 g/mol. The number of hydrogen-bond donors (Lipinski definition) is 2. The lowest BCUT2D eigenvalue weighted by Gasteiger charge is -2.03. The van der Waals surface area contributed by atoms with Crippen LogP contribution in [0.4, 0.5) is 0 Å². The molecule has 0 spiro atoms. The third kappa shape index (κ3) is 3.09. The van der Waals surface area contributed by atoms with Gasteiger partial charge < -0.3 is 19.1 Å². The lowest BCUT2D eigenvalue weighted by Crippen LogP contribution is -2.00. The number of nitrogens with zero attached hydrogens (tertiary/aromatic N) is 3. The number of carboxylic acid groups (broad SMARTS) is 1. The highest BCUT2D eigenvalue weighted by molar-refractivity contribution is 5.43. The zero-order valence-corrected chi connectivity index (χ0v) is 9.93. The SMILES string of the molecule is O=CO.c1coc(Cn2ccnc2-c2ncc[nH]2)c1. The Labute approximate surface area is 108 Å². The van der Waals surface area contributed by atoms with Gasteiger partial charge in [0, 0.05) is 24.8 Å². The maximum atomic E-state index is 8.36. The van der Waals surface area contributed by atoms with Crippen molar-refractivity contribution in [2.24, 2.45) is 0 Å². The molecule has 3 rings (SSSR count). The van der Waals surface area contributed by atoms with Gasteiger partial charge in [-0.1, -0.05) is 0 Å². The van der Waals surface area contributed by atoms with Gasteiger partial charge in [0.25, 0.3) is 6.47 Å². The molecule has 3 heterocycles. The minimum absolute atomic E-state index is 0.250. The quantitative estimate of drug-likeness (QED) is 0.697. The third-order valence-corrected chi connectivity index (χ3v) is 2.33. The smallest absolute Gasteiger partial charge is 0.290 e. The van der Waals surface area contributed by atoms with Crippen molar-refractivity contribution in [3.8, 4) is 11.6 Å². The molecule has 0 fully saturated rings. The monoisotopic (exact) mass is 260 g/mol. The maximum Gasteiger partial charge on any atom is 0.290 e. The molecule has 7 nitrogen and oxygen atoms in total. The Morgan fingerprint density at radius 2 is 2.26 bits per heavy atom. The van der Waals surface area contributed by atoms with E-state index in [-0.39, 0.29) is 6.47 Å². The molecular weight excluding hydrogens is 248 g/mol. The van der Waals surface area contributed by atoms with Crippen LogP contribution >= 0.6 is 0 Å². The van der Waals surface area contributed by atoms with E-state index in [4.69, 9.17) is 14.3 Å². The number of furan rings is 1. The lowest BCUT2D eigenvalue weighted by atomic mass is 10.4. The summed E-state index contributed by atoms with van der Waals surface area (Å²) in [5.41, 5.74) is 0. The van der Waals surface area contributed by atoms with Gasteiger partial charge in [-0.15, -0.1) is 0 Å². The molecule has 0 aliphatic carbocycles. The van der Waals surface area contributed by atoms with Crippen molar-refractivity contribution >= 4 is 6.47 Å². The van der Waals surface area contributed by atoms with Crippen LogP contribution in [0, 0.1) is 0 Å². The zero-order chi connectivity index (χ0) is 13.5. The highest BCUT2D eigenvalue weighted by Gasteiger charge is 2.08. The number of H-pyrrole nitrogens is 1. The van der Waals surface area contributed by atoms with Gasteiger partial charge in [0.05, 0.1) is 12.8 Å². The molecular formula is C12H12N4O3. The molecule has 0 amide bonds. The molecule has 2 N–H and O–H groups in total. The second-order valence-corrected chi connectivity index (χ2v) is 3.50. The summed E-state index contributed by atoms with van der Waals surface area (Å²) < 4.78 is 7.28. The van der Waals surface area contributed by atoms with E-state index in [0.717, 1.165) is 17.4 Å². The van der Waals surface area contributed by atoms with Crippen LogP contribution in [0.2, 0.25) is 0 Å². The molecule has 7 heteroatoms. The summed E-state index contributed by atoms with van der Waals surface area (Å²) in [5, 5.41) is 6.89. The molecule has 19 heavy (non-hydrogen) atoms. The Morgan fingerprint density at radius 3 is 2.89 bits per heavy atom. The topological polar surface area (TPSA) is 96.9 Å². The molecule has 0 saturated heterocycles. The average Bonchev–Trinajstić information content (AvgIpc) is 3.11. The highest BCUT2D eigenvalue weighted by Crippen LogP contribution is 2.14. The fourth-order valence-electron chi connectivity index (χ4n) is 1.61. The van der Waals surface area contributed by atoms with E-state index < -0.39 is 0 Å². The van der Waals surface area contributed by atoms with Gasteiger partial charge in [-0.3, -0.25) is 4.79 Å². The zero-order valence-electron chi connectivity index (χ0n) is 9.93. The van der Waals surface area contributed by atoms with E-state index in [1.165, 1.54) is 0 Å². The van der Waals surface area contributed by atoms with Crippen molar-refractivity contribution in [3.63, 3.8) is 0 Å². The van der Waals surface area contributed by atoms with Crippen molar-refractivity contribution in [1.29, 1.82) is 0 Å². The van der Waals surface area contributed by atoms with Gasteiger partial charge in [0.2, 0.25) is 0 Å². The minimum Gasteiger partial charge on any atom is -0.483 e. The van der Waals surface area contributed by atoms with Crippen molar-refractivity contribution in [3.05, 3.63) is 48.9 Å². The van der Waals surface area contributed by atoms with E-state index in [1.807, 2.05) is 22.9 Å². The Bertz CT molecular complexity index is 599. The summed E-state index contributed by atoms with van der Waals surface area (Å²) in [6, 6.07) is 3.81. The summed E-state index contributed by atoms with van der Waals surface area (Å²) in [6.07, 6.45) is 8.81. The van der Waals surface area contributed by atoms with Crippen molar-refractivity contribution in [1.82, 2.24) is 19.5 Å². The number of aromatic amines is 1. The van der Waals surface area contributed by atoms with Crippen LogP contribution in [-0.4, -0.2) is 31.1 Å². The standard InChI is InChI=1S/C11H10N4O.CH2O2/c1-2-9(16-7-1)8-15-6-5-14-11(15)10-12-3-4-13-10;2-1-3/h1-7H,8H2,(H,12,13);1H,(H,2,3). The third-order valence-electron chi connectivity index (χ3n) is 2.33. The Hall–Kier alpha value is -2.83. The summed E-state index contributed by atoms with van der Waals surface area (Å²) >= 11 is 0. The summed E-state index contributed by atoms with van der Waals surface area (Å²) in [4.78, 5) is 19.8. The Balaban J connectivity index is 0.000000408. The van der Waals surface area contributed by atoms with Gasteiger partial charge in [-0.25, -0.2) is 9.97 Å². The molecule has 0 saturated carbocycles. The number of aromatic nitrogens is 4. The Morgan fingerprint density at radius 1 is 1.42 bits per heavy atom. The summed E-state index contributed by atoms with van der Waals surface area (Å²) in [7, 11) is 0.